The van der Waals surface area contributed by atoms with Crippen LogP contribution in [0.15, 0.2) is 84.9 Å². The van der Waals surface area contributed by atoms with Crippen molar-refractivity contribution in [2.24, 2.45) is 0 Å². The van der Waals surface area contributed by atoms with E-state index in [0.29, 0.717) is 17.2 Å². The number of thiazole rings is 1. The first kappa shape index (κ1) is 23.8. The molecule has 0 saturated heterocycles. The van der Waals surface area contributed by atoms with Gasteiger partial charge in [-0.05, 0) is 42.7 Å². The molecule has 0 fully saturated rings. The van der Waals surface area contributed by atoms with Gasteiger partial charge in [0.15, 0.2) is 5.13 Å². The Balaban J connectivity index is 1.40. The highest BCUT2D eigenvalue weighted by Gasteiger charge is 2.30. The molecular weight excluding hydrogens is 494 g/mol. The van der Waals surface area contributed by atoms with Gasteiger partial charge in [-0.15, -0.1) is 0 Å². The van der Waals surface area contributed by atoms with Crippen molar-refractivity contribution in [3.63, 3.8) is 0 Å². The molecule has 0 radical (unpaired) electrons. The number of hydrogen-bond acceptors (Lipinski definition) is 5. The molecule has 2 heterocycles. The van der Waals surface area contributed by atoms with E-state index in [1.165, 1.54) is 23.8 Å². The van der Waals surface area contributed by atoms with Gasteiger partial charge in [-0.25, -0.2) is 9.67 Å². The van der Waals surface area contributed by atoms with Crippen molar-refractivity contribution in [3.8, 4) is 27.5 Å². The predicted molar refractivity (Wildman–Crippen MR) is 149 cm³/mol. The highest BCUT2D eigenvalue weighted by atomic mass is 32.1. The maximum Gasteiger partial charge on any atom is 0.251 e. The summed E-state index contributed by atoms with van der Waals surface area (Å²) in [6.07, 6.45) is 1.60. The van der Waals surface area contributed by atoms with Crippen molar-refractivity contribution < 1.29 is 9.59 Å². The lowest BCUT2D eigenvalue weighted by Crippen LogP contribution is -2.22. The van der Waals surface area contributed by atoms with E-state index in [1.807, 2.05) is 59.3 Å². The van der Waals surface area contributed by atoms with Gasteiger partial charge < -0.3 is 10.6 Å². The monoisotopic (exact) mass is 519 g/mol. The van der Waals surface area contributed by atoms with Gasteiger partial charge in [0.2, 0.25) is 5.91 Å². The van der Waals surface area contributed by atoms with Gasteiger partial charge in [0, 0.05) is 30.2 Å². The number of nitrogens with one attached hydrogen (secondary N) is 2. The number of benzene rings is 3. The molecule has 0 saturated carbocycles. The van der Waals surface area contributed by atoms with Crippen LogP contribution in [0.2, 0.25) is 0 Å². The van der Waals surface area contributed by atoms with Crippen LogP contribution in [0.3, 0.4) is 0 Å². The zero-order valence-electron chi connectivity index (χ0n) is 20.8. The van der Waals surface area contributed by atoms with Crippen molar-refractivity contribution >= 4 is 28.3 Å². The lowest BCUT2D eigenvalue weighted by Gasteiger charge is -2.15. The van der Waals surface area contributed by atoms with Gasteiger partial charge >= 0.3 is 0 Å². The van der Waals surface area contributed by atoms with E-state index >= 15 is 0 Å². The number of carbonyl (C=O) groups excluding carboxylic acids is 2. The summed E-state index contributed by atoms with van der Waals surface area (Å²) in [6, 6.07) is 27.4. The van der Waals surface area contributed by atoms with E-state index in [2.05, 4.69) is 28.8 Å². The minimum absolute atomic E-state index is 0.112. The third-order valence-corrected chi connectivity index (χ3v) is 7.50. The number of carbonyl (C=O) groups is 2. The Bertz CT molecular complexity index is 1640. The maximum atomic E-state index is 12.6. The molecule has 2 N–H and O–H groups in total. The van der Waals surface area contributed by atoms with Gasteiger partial charge in [0.25, 0.3) is 5.91 Å². The SMILES string of the molecule is CC(=O)Nc1nc2c(s1)-c1c(c(-c3ccccc3)nn1-c1cccc(CNC(=O)c3ccccc3)c1)CC2. The summed E-state index contributed by atoms with van der Waals surface area (Å²) in [7, 11) is 0. The molecule has 0 unspecified atom stereocenters. The smallest absolute Gasteiger partial charge is 0.251 e. The molecule has 2 aromatic heterocycles. The number of aryl methyl sites for hydroxylation is 1. The van der Waals surface area contributed by atoms with E-state index in [4.69, 9.17) is 10.1 Å². The van der Waals surface area contributed by atoms with Crippen LogP contribution in [0, 0.1) is 0 Å². The zero-order chi connectivity index (χ0) is 26.1. The fourth-order valence-corrected chi connectivity index (χ4v) is 5.88. The molecule has 8 heteroatoms. The summed E-state index contributed by atoms with van der Waals surface area (Å²) < 4.78 is 1.98. The highest BCUT2D eigenvalue weighted by molar-refractivity contribution is 7.19. The van der Waals surface area contributed by atoms with Crippen LogP contribution in [-0.4, -0.2) is 26.6 Å². The molecule has 0 atom stereocenters. The second-order valence-corrected chi connectivity index (χ2v) is 10.1. The Morgan fingerprint density at radius 2 is 1.71 bits per heavy atom. The van der Waals surface area contributed by atoms with Crippen molar-refractivity contribution in [1.82, 2.24) is 20.1 Å². The average Bonchev–Trinajstić information content (AvgIpc) is 3.53. The Kier molecular flexibility index (Phi) is 6.31. The van der Waals surface area contributed by atoms with Crippen molar-refractivity contribution in [2.75, 3.05) is 5.32 Å². The summed E-state index contributed by atoms with van der Waals surface area (Å²) >= 11 is 1.48. The molecule has 6 rings (SSSR count). The molecule has 1 aliphatic rings. The largest absolute Gasteiger partial charge is 0.348 e. The Morgan fingerprint density at radius 3 is 2.47 bits per heavy atom. The summed E-state index contributed by atoms with van der Waals surface area (Å²) in [5.41, 5.74) is 7.65. The first-order valence-corrected chi connectivity index (χ1v) is 13.3. The fourth-order valence-electron chi connectivity index (χ4n) is 4.76. The molecule has 2 amide bonds. The average molecular weight is 520 g/mol. The van der Waals surface area contributed by atoms with E-state index in [-0.39, 0.29) is 11.8 Å². The number of hydrogen-bond donors (Lipinski definition) is 2. The third kappa shape index (κ3) is 4.62. The molecule has 38 heavy (non-hydrogen) atoms. The zero-order valence-corrected chi connectivity index (χ0v) is 21.6. The number of amides is 2. The topological polar surface area (TPSA) is 88.9 Å². The molecule has 5 aromatic rings. The maximum absolute atomic E-state index is 12.6. The van der Waals surface area contributed by atoms with E-state index in [0.717, 1.165) is 51.6 Å². The van der Waals surface area contributed by atoms with E-state index < -0.39 is 0 Å². The number of rotatable bonds is 6. The minimum Gasteiger partial charge on any atom is -0.348 e. The first-order chi connectivity index (χ1) is 18.6. The van der Waals surface area contributed by atoms with E-state index in [9.17, 15) is 9.59 Å². The lowest BCUT2D eigenvalue weighted by molar-refractivity contribution is -0.114. The molecule has 188 valence electrons. The van der Waals surface area contributed by atoms with Crippen LogP contribution in [0.5, 0.6) is 0 Å². The number of aromatic nitrogens is 3. The van der Waals surface area contributed by atoms with Gasteiger partial charge in [-0.1, -0.05) is 72.0 Å². The predicted octanol–water partition coefficient (Wildman–Crippen LogP) is 5.65. The van der Waals surface area contributed by atoms with Crippen LogP contribution in [0.4, 0.5) is 5.13 Å². The van der Waals surface area contributed by atoms with Gasteiger partial charge in [-0.3, -0.25) is 9.59 Å². The number of anilines is 1. The number of fused-ring (bicyclic) bond motifs is 3. The third-order valence-electron chi connectivity index (χ3n) is 6.48. The molecule has 7 nitrogen and oxygen atoms in total. The molecular formula is C30H25N5O2S. The quantitative estimate of drug-likeness (QED) is 0.303. The lowest BCUT2D eigenvalue weighted by atomic mass is 9.95. The Hall–Kier alpha value is -4.56. The minimum atomic E-state index is -0.139. The summed E-state index contributed by atoms with van der Waals surface area (Å²) in [6.45, 7) is 1.89. The van der Waals surface area contributed by atoms with Crippen LogP contribution in [0.25, 0.3) is 27.5 Å². The molecule has 0 aliphatic heterocycles. The molecule has 3 aromatic carbocycles. The van der Waals surface area contributed by atoms with Crippen LogP contribution < -0.4 is 10.6 Å². The Labute approximate surface area is 224 Å². The van der Waals surface area contributed by atoms with Gasteiger partial charge in [0.1, 0.15) is 0 Å². The van der Waals surface area contributed by atoms with E-state index in [1.54, 1.807) is 12.1 Å². The molecule has 1 aliphatic carbocycles. The van der Waals surface area contributed by atoms with Crippen LogP contribution in [-0.2, 0) is 24.2 Å². The molecule has 0 spiro atoms. The summed E-state index contributed by atoms with van der Waals surface area (Å²) in [5, 5.41) is 11.6. The summed E-state index contributed by atoms with van der Waals surface area (Å²) in [5.74, 6) is -0.251. The second-order valence-electron chi connectivity index (χ2n) is 9.15. The van der Waals surface area contributed by atoms with Crippen molar-refractivity contribution in [2.45, 2.75) is 26.3 Å². The highest BCUT2D eigenvalue weighted by Crippen LogP contribution is 2.44. The van der Waals surface area contributed by atoms with Crippen LogP contribution >= 0.6 is 11.3 Å². The van der Waals surface area contributed by atoms with Gasteiger partial charge in [-0.2, -0.15) is 5.10 Å². The van der Waals surface area contributed by atoms with Crippen molar-refractivity contribution in [1.29, 1.82) is 0 Å². The summed E-state index contributed by atoms with van der Waals surface area (Å²) in [4.78, 5) is 30.0. The first-order valence-electron chi connectivity index (χ1n) is 12.4. The fraction of sp³-hybridized carbons (Fsp3) is 0.133. The normalized spacial score (nSPS) is 11.9. The van der Waals surface area contributed by atoms with Gasteiger partial charge in [0.05, 0.1) is 27.6 Å². The number of nitrogens with zero attached hydrogens (tertiary/aromatic N) is 3. The van der Waals surface area contributed by atoms with Crippen LogP contribution in [0.1, 0.15) is 34.1 Å². The standard InChI is InChI=1S/C30H25N5O2S/c1-19(36)32-30-33-25-16-15-24-26(21-10-4-2-5-11-21)34-35(27(24)28(25)38-30)23-14-8-9-20(17-23)18-31-29(37)22-12-6-3-7-13-22/h2-14,17H,15-16,18H2,1H3,(H,31,37)(H,32,33,36). The van der Waals surface area contributed by atoms with Crippen molar-refractivity contribution in [3.05, 3.63) is 107 Å². The Morgan fingerprint density at radius 1 is 0.947 bits per heavy atom. The molecule has 0 bridgehead atoms. The second kappa shape index (κ2) is 10.1.